The second-order valence-electron chi connectivity index (χ2n) is 2.84. The van der Waals surface area contributed by atoms with E-state index in [-0.39, 0.29) is 5.56 Å². The van der Waals surface area contributed by atoms with Gasteiger partial charge < -0.3 is 0 Å². The number of aromatic nitrogens is 2. The lowest BCUT2D eigenvalue weighted by atomic mass is 10.4. The number of hydrogen-bond acceptors (Lipinski definition) is 3. The zero-order chi connectivity index (χ0) is 10.6. The molecule has 0 amide bonds. The van der Waals surface area contributed by atoms with Crippen LogP contribution >= 0.6 is 34.4 Å². The molecule has 0 radical (unpaired) electrons. The fraction of sp³-hybridized carbons (Fsp3) is 0.556. The van der Waals surface area contributed by atoms with Crippen LogP contribution < -0.4 is 5.56 Å². The Morgan fingerprint density at radius 2 is 2.36 bits per heavy atom. The van der Waals surface area contributed by atoms with Crippen molar-refractivity contribution in [1.82, 2.24) is 9.55 Å². The first kappa shape index (κ1) is 12.0. The molecule has 0 saturated carbocycles. The number of aryl methyl sites for hydroxylation is 2. The Labute approximate surface area is 101 Å². The van der Waals surface area contributed by atoms with Gasteiger partial charge in [0.05, 0.1) is 15.6 Å². The van der Waals surface area contributed by atoms with E-state index < -0.39 is 0 Å². The van der Waals surface area contributed by atoms with Gasteiger partial charge in [-0.2, -0.15) is 11.8 Å². The summed E-state index contributed by atoms with van der Waals surface area (Å²) >= 11 is 3.88. The number of nitrogens with zero attached hydrogens (tertiary/aromatic N) is 2. The van der Waals surface area contributed by atoms with Crippen LogP contribution in [-0.2, 0) is 6.54 Å². The van der Waals surface area contributed by atoms with Crippen molar-refractivity contribution in [2.24, 2.45) is 0 Å². The van der Waals surface area contributed by atoms with Crippen molar-refractivity contribution >= 4 is 34.4 Å². The Balaban J connectivity index is 2.79. The number of thioether (sulfide) groups is 1. The van der Waals surface area contributed by atoms with Gasteiger partial charge >= 0.3 is 0 Å². The van der Waals surface area contributed by atoms with Gasteiger partial charge in [0, 0.05) is 12.3 Å². The van der Waals surface area contributed by atoms with Crippen molar-refractivity contribution in [3.05, 3.63) is 25.9 Å². The molecule has 1 rings (SSSR count). The Bertz CT molecular complexity index is 364. The Morgan fingerprint density at radius 1 is 1.64 bits per heavy atom. The van der Waals surface area contributed by atoms with Crippen molar-refractivity contribution in [3.8, 4) is 0 Å². The maximum absolute atomic E-state index is 11.7. The van der Waals surface area contributed by atoms with Gasteiger partial charge in [-0.25, -0.2) is 4.98 Å². The van der Waals surface area contributed by atoms with Crippen LogP contribution in [-0.4, -0.2) is 21.1 Å². The molecule has 0 aliphatic rings. The van der Waals surface area contributed by atoms with Crippen LogP contribution in [0.15, 0.2) is 11.1 Å². The standard InChI is InChI=1S/C9H13IN2OS/c1-3-14-5-4-12-6-11-7(2)8(10)9(12)13/h6H,3-5H2,1-2H3. The molecule has 0 aliphatic heterocycles. The van der Waals surface area contributed by atoms with E-state index in [0.29, 0.717) is 0 Å². The number of rotatable bonds is 4. The fourth-order valence-electron chi connectivity index (χ4n) is 1.01. The average Bonchev–Trinajstić information content (AvgIpc) is 2.18. The van der Waals surface area contributed by atoms with Crippen molar-refractivity contribution in [2.75, 3.05) is 11.5 Å². The van der Waals surface area contributed by atoms with Crippen LogP contribution in [0.1, 0.15) is 12.6 Å². The van der Waals surface area contributed by atoms with Gasteiger partial charge in [0.25, 0.3) is 5.56 Å². The first-order chi connectivity index (χ1) is 6.66. The summed E-state index contributed by atoms with van der Waals surface area (Å²) < 4.78 is 2.41. The molecule has 0 aromatic carbocycles. The zero-order valence-electron chi connectivity index (χ0n) is 8.29. The average molecular weight is 324 g/mol. The summed E-state index contributed by atoms with van der Waals surface area (Å²) in [6, 6.07) is 0. The quantitative estimate of drug-likeness (QED) is 0.627. The van der Waals surface area contributed by atoms with Gasteiger partial charge in [-0.1, -0.05) is 6.92 Å². The lowest BCUT2D eigenvalue weighted by molar-refractivity contribution is 0.703. The Hall–Kier alpha value is -0.0400. The summed E-state index contributed by atoms with van der Waals surface area (Å²) in [5.74, 6) is 2.06. The van der Waals surface area contributed by atoms with Crippen molar-refractivity contribution in [1.29, 1.82) is 0 Å². The molecule has 3 nitrogen and oxygen atoms in total. The number of halogens is 1. The van der Waals surface area contributed by atoms with Crippen LogP contribution in [0.5, 0.6) is 0 Å². The molecule has 0 fully saturated rings. The van der Waals surface area contributed by atoms with E-state index in [1.54, 1.807) is 10.9 Å². The molecule has 0 spiro atoms. The van der Waals surface area contributed by atoms with Crippen LogP contribution in [0.3, 0.4) is 0 Å². The molecule has 0 saturated heterocycles. The molecule has 1 heterocycles. The minimum atomic E-state index is 0.0785. The highest BCUT2D eigenvalue weighted by molar-refractivity contribution is 14.1. The van der Waals surface area contributed by atoms with Gasteiger partial charge in [-0.3, -0.25) is 9.36 Å². The molecule has 14 heavy (non-hydrogen) atoms. The molecular weight excluding hydrogens is 311 g/mol. The molecule has 78 valence electrons. The predicted molar refractivity (Wildman–Crippen MR) is 69.0 cm³/mol. The van der Waals surface area contributed by atoms with Gasteiger partial charge in [-0.15, -0.1) is 0 Å². The van der Waals surface area contributed by atoms with Crippen LogP contribution in [0.4, 0.5) is 0 Å². The van der Waals surface area contributed by atoms with Crippen LogP contribution in [0.25, 0.3) is 0 Å². The van der Waals surface area contributed by atoms with E-state index in [2.05, 4.69) is 34.5 Å². The van der Waals surface area contributed by atoms with E-state index in [0.717, 1.165) is 27.3 Å². The predicted octanol–water partition coefficient (Wildman–Crippen LogP) is 1.91. The summed E-state index contributed by atoms with van der Waals surface area (Å²) in [5, 5.41) is 0. The van der Waals surface area contributed by atoms with E-state index in [9.17, 15) is 4.79 Å². The van der Waals surface area contributed by atoms with Gasteiger partial charge in [0.2, 0.25) is 0 Å². The van der Waals surface area contributed by atoms with E-state index in [1.165, 1.54) is 0 Å². The largest absolute Gasteiger partial charge is 0.298 e. The third kappa shape index (κ3) is 2.98. The molecule has 1 aromatic heterocycles. The van der Waals surface area contributed by atoms with Crippen molar-refractivity contribution in [3.63, 3.8) is 0 Å². The molecule has 0 N–H and O–H groups in total. The maximum atomic E-state index is 11.7. The third-order valence-electron chi connectivity index (χ3n) is 1.84. The van der Waals surface area contributed by atoms with E-state index >= 15 is 0 Å². The van der Waals surface area contributed by atoms with Gasteiger partial charge in [-0.05, 0) is 35.3 Å². The zero-order valence-corrected chi connectivity index (χ0v) is 11.3. The lowest BCUT2D eigenvalue weighted by Crippen LogP contribution is -2.24. The minimum Gasteiger partial charge on any atom is -0.298 e. The lowest BCUT2D eigenvalue weighted by Gasteiger charge is -2.05. The highest BCUT2D eigenvalue weighted by Gasteiger charge is 2.04. The fourth-order valence-corrected chi connectivity index (χ4v) is 2.08. The highest BCUT2D eigenvalue weighted by Crippen LogP contribution is 2.03. The van der Waals surface area contributed by atoms with Gasteiger partial charge in [0.15, 0.2) is 0 Å². The molecule has 1 aromatic rings. The molecular formula is C9H13IN2OS. The molecule has 0 unspecified atom stereocenters. The SMILES string of the molecule is CCSCCn1cnc(C)c(I)c1=O. The Kier molecular flexibility index (Phi) is 4.94. The minimum absolute atomic E-state index is 0.0785. The topological polar surface area (TPSA) is 34.9 Å². The van der Waals surface area contributed by atoms with Crippen LogP contribution in [0.2, 0.25) is 0 Å². The molecule has 5 heteroatoms. The van der Waals surface area contributed by atoms with E-state index in [4.69, 9.17) is 0 Å². The Morgan fingerprint density at radius 3 is 3.00 bits per heavy atom. The molecule has 0 bridgehead atoms. The summed E-state index contributed by atoms with van der Waals surface area (Å²) in [6.45, 7) is 4.72. The highest BCUT2D eigenvalue weighted by atomic mass is 127. The summed E-state index contributed by atoms with van der Waals surface area (Å²) in [6.07, 6.45) is 1.63. The van der Waals surface area contributed by atoms with Crippen molar-refractivity contribution in [2.45, 2.75) is 20.4 Å². The number of hydrogen-bond donors (Lipinski definition) is 0. The van der Waals surface area contributed by atoms with Gasteiger partial charge in [0.1, 0.15) is 0 Å². The second-order valence-corrected chi connectivity index (χ2v) is 5.31. The monoisotopic (exact) mass is 324 g/mol. The first-order valence-electron chi connectivity index (χ1n) is 4.46. The summed E-state index contributed by atoms with van der Waals surface area (Å²) in [4.78, 5) is 15.9. The summed E-state index contributed by atoms with van der Waals surface area (Å²) in [5.41, 5.74) is 0.893. The van der Waals surface area contributed by atoms with Crippen LogP contribution in [0, 0.1) is 10.5 Å². The first-order valence-corrected chi connectivity index (χ1v) is 6.69. The van der Waals surface area contributed by atoms with E-state index in [1.807, 2.05) is 18.7 Å². The molecule has 0 atom stereocenters. The maximum Gasteiger partial charge on any atom is 0.267 e. The third-order valence-corrected chi connectivity index (χ3v) is 3.96. The molecule has 0 aliphatic carbocycles. The van der Waals surface area contributed by atoms with Crippen molar-refractivity contribution < 1.29 is 0 Å². The summed E-state index contributed by atoms with van der Waals surface area (Å²) in [7, 11) is 0. The normalized spacial score (nSPS) is 10.5. The second kappa shape index (κ2) is 5.75. The smallest absolute Gasteiger partial charge is 0.267 e.